The fourth-order valence-corrected chi connectivity index (χ4v) is 1.92. The lowest BCUT2D eigenvalue weighted by molar-refractivity contribution is 0.102. The molecular weight excluding hydrogens is 240 g/mol. The van der Waals surface area contributed by atoms with Crippen molar-refractivity contribution in [3.05, 3.63) is 60.3 Å². The Morgan fingerprint density at radius 1 is 1.26 bits per heavy atom. The maximum atomic E-state index is 12.1. The molecule has 0 aliphatic heterocycles. The number of aromatic nitrogens is 3. The summed E-state index contributed by atoms with van der Waals surface area (Å²) in [6.07, 6.45) is 5.40. The Bertz CT molecular complexity index is 734. The maximum Gasteiger partial charge on any atom is 0.274 e. The number of carbonyl (C=O) groups is 1. The van der Waals surface area contributed by atoms with E-state index in [2.05, 4.69) is 15.3 Å². The Hall–Kier alpha value is -2.69. The van der Waals surface area contributed by atoms with Crippen LogP contribution in [0.4, 0.5) is 5.69 Å². The van der Waals surface area contributed by atoms with Crippen molar-refractivity contribution in [1.82, 2.24) is 14.4 Å². The number of carbonyl (C=O) groups excluding carboxylic acids is 1. The van der Waals surface area contributed by atoms with Crippen LogP contribution in [0.5, 0.6) is 0 Å². The third kappa shape index (κ3) is 2.18. The summed E-state index contributed by atoms with van der Waals surface area (Å²) in [5.41, 5.74) is 2.68. The number of pyridine rings is 2. The number of anilines is 1. The van der Waals surface area contributed by atoms with E-state index in [0.717, 1.165) is 11.3 Å². The first-order valence-electron chi connectivity index (χ1n) is 5.91. The monoisotopic (exact) mass is 252 g/mol. The number of hydrogen-bond acceptors (Lipinski definition) is 3. The number of rotatable bonds is 2. The Kier molecular flexibility index (Phi) is 2.72. The summed E-state index contributed by atoms with van der Waals surface area (Å²) in [5, 5.41) is 2.83. The molecule has 0 bridgehead atoms. The van der Waals surface area contributed by atoms with E-state index in [1.165, 1.54) is 0 Å². The molecule has 0 fully saturated rings. The second kappa shape index (κ2) is 4.53. The molecule has 5 heteroatoms. The zero-order chi connectivity index (χ0) is 13.2. The molecule has 0 saturated carbocycles. The van der Waals surface area contributed by atoms with E-state index in [4.69, 9.17) is 0 Å². The molecule has 0 radical (unpaired) electrons. The summed E-state index contributed by atoms with van der Waals surface area (Å²) in [6, 6.07) is 8.91. The van der Waals surface area contributed by atoms with Gasteiger partial charge in [-0.25, -0.2) is 4.98 Å². The van der Waals surface area contributed by atoms with Gasteiger partial charge in [0.15, 0.2) is 5.65 Å². The van der Waals surface area contributed by atoms with Gasteiger partial charge in [-0.15, -0.1) is 0 Å². The summed E-state index contributed by atoms with van der Waals surface area (Å²) in [4.78, 5) is 20.5. The molecule has 0 aromatic carbocycles. The van der Waals surface area contributed by atoms with Crippen molar-refractivity contribution in [2.45, 2.75) is 6.92 Å². The third-order valence-electron chi connectivity index (χ3n) is 2.75. The lowest BCUT2D eigenvalue weighted by atomic mass is 10.3. The van der Waals surface area contributed by atoms with Crippen molar-refractivity contribution < 1.29 is 4.79 Å². The number of imidazole rings is 1. The van der Waals surface area contributed by atoms with Gasteiger partial charge in [-0.2, -0.15) is 0 Å². The highest BCUT2D eigenvalue weighted by molar-refractivity contribution is 6.04. The summed E-state index contributed by atoms with van der Waals surface area (Å²) in [5.74, 6) is -0.241. The van der Waals surface area contributed by atoms with Crippen LogP contribution in [0.2, 0.25) is 0 Å². The number of hydrogen-bond donors (Lipinski definition) is 1. The second-order valence-electron chi connectivity index (χ2n) is 4.20. The predicted octanol–water partition coefficient (Wildman–Crippen LogP) is 2.29. The van der Waals surface area contributed by atoms with Gasteiger partial charge in [0.2, 0.25) is 0 Å². The molecule has 0 spiro atoms. The SMILES string of the molecule is Cc1cn2cccc(NC(=O)c3ccccn3)c2n1. The van der Waals surface area contributed by atoms with E-state index in [1.807, 2.05) is 35.9 Å². The Morgan fingerprint density at radius 3 is 2.95 bits per heavy atom. The van der Waals surface area contributed by atoms with E-state index in [9.17, 15) is 4.79 Å². The lowest BCUT2D eigenvalue weighted by Gasteiger charge is -2.05. The van der Waals surface area contributed by atoms with Crippen LogP contribution in [0.3, 0.4) is 0 Å². The number of aryl methyl sites for hydroxylation is 1. The van der Waals surface area contributed by atoms with Crippen LogP contribution >= 0.6 is 0 Å². The van der Waals surface area contributed by atoms with Crippen LogP contribution in [-0.4, -0.2) is 20.3 Å². The Balaban J connectivity index is 1.95. The van der Waals surface area contributed by atoms with Crippen molar-refractivity contribution in [2.75, 3.05) is 5.32 Å². The van der Waals surface area contributed by atoms with E-state index in [1.54, 1.807) is 24.4 Å². The highest BCUT2D eigenvalue weighted by Gasteiger charge is 2.10. The standard InChI is InChI=1S/C14H12N4O/c1-10-9-18-8-4-6-11(13(18)16-10)17-14(19)12-5-2-3-7-15-12/h2-9H,1H3,(H,17,19). The zero-order valence-corrected chi connectivity index (χ0v) is 10.4. The van der Waals surface area contributed by atoms with Crippen molar-refractivity contribution in [1.29, 1.82) is 0 Å². The Morgan fingerprint density at radius 2 is 2.16 bits per heavy atom. The average Bonchev–Trinajstić information content (AvgIpc) is 2.81. The first kappa shape index (κ1) is 11.4. The molecular formula is C14H12N4O. The molecule has 0 unspecified atom stereocenters. The van der Waals surface area contributed by atoms with Gasteiger partial charge >= 0.3 is 0 Å². The van der Waals surface area contributed by atoms with Gasteiger partial charge < -0.3 is 9.72 Å². The van der Waals surface area contributed by atoms with E-state index in [0.29, 0.717) is 11.4 Å². The molecule has 0 aliphatic rings. The smallest absolute Gasteiger partial charge is 0.274 e. The molecule has 3 heterocycles. The van der Waals surface area contributed by atoms with Crippen molar-refractivity contribution in [2.24, 2.45) is 0 Å². The second-order valence-corrected chi connectivity index (χ2v) is 4.20. The van der Waals surface area contributed by atoms with Gasteiger partial charge in [0.1, 0.15) is 5.69 Å². The molecule has 0 atom stereocenters. The fourth-order valence-electron chi connectivity index (χ4n) is 1.92. The van der Waals surface area contributed by atoms with Crippen LogP contribution < -0.4 is 5.32 Å². The number of nitrogens with zero attached hydrogens (tertiary/aromatic N) is 3. The number of nitrogens with one attached hydrogen (secondary N) is 1. The minimum Gasteiger partial charge on any atom is -0.317 e. The fraction of sp³-hybridized carbons (Fsp3) is 0.0714. The number of amides is 1. The minimum absolute atomic E-state index is 0.241. The van der Waals surface area contributed by atoms with Gasteiger partial charge in [0.25, 0.3) is 5.91 Å². The summed E-state index contributed by atoms with van der Waals surface area (Å²) in [6.45, 7) is 1.91. The van der Waals surface area contributed by atoms with E-state index >= 15 is 0 Å². The molecule has 0 saturated heterocycles. The van der Waals surface area contributed by atoms with Crippen LogP contribution in [0.15, 0.2) is 48.9 Å². The topological polar surface area (TPSA) is 59.3 Å². The highest BCUT2D eigenvalue weighted by Crippen LogP contribution is 2.16. The summed E-state index contributed by atoms with van der Waals surface area (Å²) < 4.78 is 1.88. The van der Waals surface area contributed by atoms with Gasteiger partial charge in [-0.05, 0) is 31.2 Å². The van der Waals surface area contributed by atoms with Crippen molar-refractivity contribution in [3.8, 4) is 0 Å². The minimum atomic E-state index is -0.241. The van der Waals surface area contributed by atoms with Gasteiger partial charge in [0, 0.05) is 18.6 Å². The zero-order valence-electron chi connectivity index (χ0n) is 10.4. The normalized spacial score (nSPS) is 10.6. The molecule has 0 aliphatic carbocycles. The lowest BCUT2D eigenvalue weighted by Crippen LogP contribution is -2.14. The molecule has 19 heavy (non-hydrogen) atoms. The van der Waals surface area contributed by atoms with Gasteiger partial charge in [0.05, 0.1) is 11.4 Å². The van der Waals surface area contributed by atoms with Crippen LogP contribution in [-0.2, 0) is 0 Å². The molecule has 3 aromatic heterocycles. The number of fused-ring (bicyclic) bond motifs is 1. The van der Waals surface area contributed by atoms with Crippen LogP contribution in [0, 0.1) is 6.92 Å². The molecule has 1 amide bonds. The van der Waals surface area contributed by atoms with Crippen LogP contribution in [0.25, 0.3) is 5.65 Å². The average molecular weight is 252 g/mol. The highest BCUT2D eigenvalue weighted by atomic mass is 16.1. The molecule has 94 valence electrons. The maximum absolute atomic E-state index is 12.1. The summed E-state index contributed by atoms with van der Waals surface area (Å²) >= 11 is 0. The third-order valence-corrected chi connectivity index (χ3v) is 2.75. The van der Waals surface area contributed by atoms with Gasteiger partial charge in [-0.3, -0.25) is 9.78 Å². The van der Waals surface area contributed by atoms with Crippen molar-refractivity contribution in [3.63, 3.8) is 0 Å². The molecule has 5 nitrogen and oxygen atoms in total. The quantitative estimate of drug-likeness (QED) is 0.761. The molecule has 1 N–H and O–H groups in total. The van der Waals surface area contributed by atoms with E-state index < -0.39 is 0 Å². The van der Waals surface area contributed by atoms with Crippen molar-refractivity contribution >= 4 is 17.2 Å². The molecule has 3 rings (SSSR count). The first-order valence-corrected chi connectivity index (χ1v) is 5.91. The Labute approximate surface area is 109 Å². The van der Waals surface area contributed by atoms with Gasteiger partial charge in [-0.1, -0.05) is 6.07 Å². The first-order chi connectivity index (χ1) is 9.24. The predicted molar refractivity (Wildman–Crippen MR) is 72.1 cm³/mol. The van der Waals surface area contributed by atoms with E-state index in [-0.39, 0.29) is 5.91 Å². The summed E-state index contributed by atoms with van der Waals surface area (Å²) in [7, 11) is 0. The largest absolute Gasteiger partial charge is 0.317 e. The van der Waals surface area contributed by atoms with Crippen LogP contribution in [0.1, 0.15) is 16.2 Å². The molecule has 3 aromatic rings.